The summed E-state index contributed by atoms with van der Waals surface area (Å²) in [5.41, 5.74) is 6.09. The molecular weight excluding hydrogens is 439 g/mol. The van der Waals surface area contributed by atoms with Gasteiger partial charge >= 0.3 is 6.03 Å². The highest BCUT2D eigenvalue weighted by atomic mass is 19.1. The van der Waals surface area contributed by atoms with Crippen molar-refractivity contribution in [2.45, 2.75) is 38.5 Å². The number of hydrogen-bond donors (Lipinski definition) is 1. The van der Waals surface area contributed by atoms with Crippen LogP contribution in [0.5, 0.6) is 5.75 Å². The summed E-state index contributed by atoms with van der Waals surface area (Å²) in [6.07, 6.45) is 5.23. The topological polar surface area (TPSA) is 97.5 Å². The van der Waals surface area contributed by atoms with E-state index in [2.05, 4.69) is 4.99 Å². The highest BCUT2D eigenvalue weighted by Gasteiger charge is 2.43. The largest absolute Gasteiger partial charge is 0.493 e. The average Bonchev–Trinajstić information content (AvgIpc) is 3.54. The standard InChI is InChI=1S/C25H35FN4O4/c1-33-16-23(27)28-25(32)30-10-5-17(6-11-30)21-13-18(21)7-12-34-20-4-3-19(22(26)15-20)14-24(31)29-8-2-9-29/h3-4,15,17-18,21H,2,5-14,16H2,1H3,(H2,27,28,32)/t18-,21-/m1/s1. The second-order valence-corrected chi connectivity index (χ2v) is 9.60. The van der Waals surface area contributed by atoms with E-state index in [9.17, 15) is 14.0 Å². The fraction of sp³-hybridized carbons (Fsp3) is 0.640. The van der Waals surface area contributed by atoms with Crippen LogP contribution < -0.4 is 10.5 Å². The van der Waals surface area contributed by atoms with Gasteiger partial charge in [-0.2, -0.15) is 4.99 Å². The Morgan fingerprint density at radius 2 is 1.94 bits per heavy atom. The zero-order valence-electron chi connectivity index (χ0n) is 19.9. The fourth-order valence-corrected chi connectivity index (χ4v) is 5.00. The lowest BCUT2D eigenvalue weighted by atomic mass is 9.90. The first-order valence-corrected chi connectivity index (χ1v) is 12.2. The molecule has 34 heavy (non-hydrogen) atoms. The number of rotatable bonds is 9. The molecule has 186 valence electrons. The highest BCUT2D eigenvalue weighted by molar-refractivity contribution is 5.93. The molecule has 4 rings (SSSR count). The maximum Gasteiger partial charge on any atom is 0.345 e. The van der Waals surface area contributed by atoms with Gasteiger partial charge in [-0.1, -0.05) is 6.07 Å². The Kier molecular flexibility index (Phi) is 8.03. The Hall–Kier alpha value is -2.68. The Balaban J connectivity index is 1.14. The molecule has 2 aliphatic heterocycles. The van der Waals surface area contributed by atoms with Crippen molar-refractivity contribution in [3.8, 4) is 5.75 Å². The number of carbonyl (C=O) groups is 2. The van der Waals surface area contributed by atoms with Gasteiger partial charge in [-0.3, -0.25) is 4.79 Å². The first-order chi connectivity index (χ1) is 16.4. The summed E-state index contributed by atoms with van der Waals surface area (Å²) in [6.45, 7) is 3.68. The zero-order chi connectivity index (χ0) is 24.1. The van der Waals surface area contributed by atoms with Crippen molar-refractivity contribution in [1.82, 2.24) is 9.80 Å². The van der Waals surface area contributed by atoms with Crippen LogP contribution in [-0.4, -0.2) is 74.1 Å². The molecule has 2 heterocycles. The Labute approximate surface area is 200 Å². The van der Waals surface area contributed by atoms with Gasteiger partial charge in [0.1, 0.15) is 24.0 Å². The third-order valence-corrected chi connectivity index (χ3v) is 7.26. The molecule has 9 heteroatoms. The van der Waals surface area contributed by atoms with Gasteiger partial charge in [-0.25, -0.2) is 9.18 Å². The maximum atomic E-state index is 14.4. The van der Waals surface area contributed by atoms with Crippen LogP contribution in [-0.2, 0) is 16.0 Å². The number of nitrogens with zero attached hydrogens (tertiary/aromatic N) is 3. The lowest BCUT2D eigenvalue weighted by molar-refractivity contribution is -0.133. The fourth-order valence-electron chi connectivity index (χ4n) is 5.00. The normalized spacial score (nSPS) is 22.9. The van der Waals surface area contributed by atoms with Gasteiger partial charge in [0.05, 0.1) is 13.0 Å². The number of likely N-dealkylation sites (tertiary alicyclic amines) is 2. The second-order valence-electron chi connectivity index (χ2n) is 9.60. The zero-order valence-corrected chi connectivity index (χ0v) is 19.9. The van der Waals surface area contributed by atoms with Gasteiger partial charge in [0.15, 0.2) is 0 Å². The summed E-state index contributed by atoms with van der Waals surface area (Å²) in [7, 11) is 1.52. The van der Waals surface area contributed by atoms with Crippen LogP contribution in [0.15, 0.2) is 23.2 Å². The highest BCUT2D eigenvalue weighted by Crippen LogP contribution is 2.49. The molecule has 0 bridgehead atoms. The minimum Gasteiger partial charge on any atom is -0.493 e. The number of hydrogen-bond acceptors (Lipinski definition) is 4. The summed E-state index contributed by atoms with van der Waals surface area (Å²) in [5.74, 6) is 2.23. The van der Waals surface area contributed by atoms with Crippen molar-refractivity contribution >= 4 is 17.8 Å². The molecular formula is C25H35FN4O4. The molecule has 2 N–H and O–H groups in total. The van der Waals surface area contributed by atoms with E-state index in [1.807, 2.05) is 0 Å². The number of halogens is 1. The van der Waals surface area contributed by atoms with Crippen LogP contribution in [0.4, 0.5) is 9.18 Å². The third kappa shape index (κ3) is 6.25. The van der Waals surface area contributed by atoms with Crippen molar-refractivity contribution in [2.24, 2.45) is 28.5 Å². The van der Waals surface area contributed by atoms with Crippen LogP contribution >= 0.6 is 0 Å². The minimum atomic E-state index is -0.384. The van der Waals surface area contributed by atoms with Gasteiger partial charge in [-0.05, 0) is 61.5 Å². The molecule has 0 unspecified atom stereocenters. The number of aliphatic imine (C=N–C) groups is 1. The molecule has 1 aliphatic carbocycles. The van der Waals surface area contributed by atoms with Crippen molar-refractivity contribution < 1.29 is 23.5 Å². The number of urea groups is 1. The summed E-state index contributed by atoms with van der Waals surface area (Å²) >= 11 is 0. The van der Waals surface area contributed by atoms with E-state index in [1.165, 1.54) is 19.6 Å². The van der Waals surface area contributed by atoms with Crippen LogP contribution in [0.3, 0.4) is 0 Å². The summed E-state index contributed by atoms with van der Waals surface area (Å²) in [4.78, 5) is 31.7. The average molecular weight is 475 g/mol. The Morgan fingerprint density at radius 1 is 1.18 bits per heavy atom. The number of nitrogens with two attached hydrogens (primary N) is 1. The molecule has 8 nitrogen and oxygen atoms in total. The lowest BCUT2D eigenvalue weighted by Gasteiger charge is -2.31. The van der Waals surface area contributed by atoms with Crippen molar-refractivity contribution in [2.75, 3.05) is 46.5 Å². The van der Waals surface area contributed by atoms with E-state index in [1.54, 1.807) is 21.9 Å². The minimum absolute atomic E-state index is 0.0169. The summed E-state index contributed by atoms with van der Waals surface area (Å²) in [6, 6.07) is 4.51. The van der Waals surface area contributed by atoms with Crippen molar-refractivity contribution in [3.05, 3.63) is 29.6 Å². The molecule has 0 radical (unpaired) electrons. The number of benzene rings is 1. The molecule has 3 fully saturated rings. The summed E-state index contributed by atoms with van der Waals surface area (Å²) < 4.78 is 25.1. The number of carbonyl (C=O) groups excluding carboxylic acids is 2. The number of amides is 3. The van der Waals surface area contributed by atoms with Crippen LogP contribution in [0.25, 0.3) is 0 Å². The monoisotopic (exact) mass is 474 g/mol. The van der Waals surface area contributed by atoms with E-state index >= 15 is 0 Å². The van der Waals surface area contributed by atoms with Gasteiger partial charge in [0, 0.05) is 39.4 Å². The van der Waals surface area contributed by atoms with Gasteiger partial charge < -0.3 is 25.0 Å². The molecule has 3 amide bonds. The smallest absolute Gasteiger partial charge is 0.345 e. The van der Waals surface area contributed by atoms with Crippen LogP contribution in [0.1, 0.15) is 37.7 Å². The van der Waals surface area contributed by atoms with E-state index in [0.717, 1.165) is 38.8 Å². The number of amidine groups is 1. The predicted molar refractivity (Wildman–Crippen MR) is 126 cm³/mol. The third-order valence-electron chi connectivity index (χ3n) is 7.26. The second kappa shape index (κ2) is 11.2. The van der Waals surface area contributed by atoms with Gasteiger partial charge in [0.25, 0.3) is 0 Å². The van der Waals surface area contributed by atoms with Gasteiger partial charge in [0.2, 0.25) is 5.91 Å². The van der Waals surface area contributed by atoms with E-state index < -0.39 is 0 Å². The first kappa shape index (κ1) is 24.4. The van der Waals surface area contributed by atoms with Crippen LogP contribution in [0, 0.1) is 23.6 Å². The van der Waals surface area contributed by atoms with Crippen molar-refractivity contribution in [3.63, 3.8) is 0 Å². The quantitative estimate of drug-likeness (QED) is 0.439. The van der Waals surface area contributed by atoms with Crippen molar-refractivity contribution in [1.29, 1.82) is 0 Å². The molecule has 2 saturated heterocycles. The molecule has 0 aromatic heterocycles. The number of piperidine rings is 1. The Bertz CT molecular complexity index is 912. The Morgan fingerprint density at radius 3 is 2.59 bits per heavy atom. The first-order valence-electron chi connectivity index (χ1n) is 12.2. The maximum absolute atomic E-state index is 14.4. The molecule has 1 saturated carbocycles. The summed E-state index contributed by atoms with van der Waals surface area (Å²) in [5, 5.41) is 0. The predicted octanol–water partition coefficient (Wildman–Crippen LogP) is 2.84. The van der Waals surface area contributed by atoms with E-state index in [0.29, 0.717) is 48.8 Å². The lowest BCUT2D eigenvalue weighted by Crippen LogP contribution is -2.42. The number of methoxy groups -OCH3 is 1. The van der Waals surface area contributed by atoms with Crippen LogP contribution in [0.2, 0.25) is 0 Å². The molecule has 1 aromatic rings. The molecule has 0 spiro atoms. The SMILES string of the molecule is COC/C(N)=N/C(=O)N1CCC([C@H]2C[C@H]2CCOc2ccc(CC(=O)N3CCC3)c(F)c2)CC1. The molecule has 1 aromatic carbocycles. The van der Waals surface area contributed by atoms with E-state index in [-0.39, 0.29) is 36.6 Å². The molecule has 3 aliphatic rings. The molecule has 2 atom stereocenters. The van der Waals surface area contributed by atoms with Gasteiger partial charge in [-0.15, -0.1) is 0 Å². The number of ether oxygens (including phenoxy) is 2. The van der Waals surface area contributed by atoms with E-state index in [4.69, 9.17) is 15.2 Å².